The van der Waals surface area contributed by atoms with E-state index in [4.69, 9.17) is 10.5 Å². The number of nitrogens with one attached hydrogen (secondary N) is 1. The van der Waals surface area contributed by atoms with Gasteiger partial charge in [0.2, 0.25) is 5.91 Å². The van der Waals surface area contributed by atoms with E-state index in [-0.39, 0.29) is 11.9 Å². The van der Waals surface area contributed by atoms with Crippen molar-refractivity contribution in [3.05, 3.63) is 29.8 Å². The Morgan fingerprint density at radius 3 is 2.65 bits per heavy atom. The summed E-state index contributed by atoms with van der Waals surface area (Å²) >= 11 is 0. The van der Waals surface area contributed by atoms with Crippen LogP contribution in [0, 0.1) is 12.8 Å². The Bertz CT molecular complexity index is 432. The highest BCUT2D eigenvalue weighted by atomic mass is 16.5. The first kappa shape index (κ1) is 16.5. The summed E-state index contributed by atoms with van der Waals surface area (Å²) in [6, 6.07) is 7.33. The highest BCUT2D eigenvalue weighted by Gasteiger charge is 2.17. The van der Waals surface area contributed by atoms with Crippen LogP contribution in [0.25, 0.3) is 0 Å². The van der Waals surface area contributed by atoms with Crippen LogP contribution in [0.5, 0.6) is 5.75 Å². The van der Waals surface area contributed by atoms with Gasteiger partial charge in [0.15, 0.2) is 0 Å². The maximum absolute atomic E-state index is 11.9. The molecule has 0 aliphatic carbocycles. The minimum atomic E-state index is -0.448. The summed E-state index contributed by atoms with van der Waals surface area (Å²) in [5, 5.41) is 2.88. The van der Waals surface area contributed by atoms with E-state index in [9.17, 15) is 4.79 Å². The molecule has 112 valence electrons. The third-order valence-corrected chi connectivity index (χ3v) is 2.94. The molecule has 0 fully saturated rings. The predicted octanol–water partition coefficient (Wildman–Crippen LogP) is 2.25. The molecule has 2 atom stereocenters. The Kier molecular flexibility index (Phi) is 6.52. The van der Waals surface area contributed by atoms with Crippen LogP contribution < -0.4 is 15.8 Å². The van der Waals surface area contributed by atoms with Gasteiger partial charge in [-0.3, -0.25) is 4.79 Å². The first-order valence-corrected chi connectivity index (χ1v) is 7.14. The van der Waals surface area contributed by atoms with Gasteiger partial charge < -0.3 is 15.8 Å². The van der Waals surface area contributed by atoms with Crippen molar-refractivity contribution in [2.24, 2.45) is 11.7 Å². The van der Waals surface area contributed by atoms with Gasteiger partial charge in [0.1, 0.15) is 12.4 Å². The fourth-order valence-electron chi connectivity index (χ4n) is 1.93. The SMILES string of the molecule is Cc1cccc(OCC(C)NC(=O)[C@@H](N)CC(C)C)c1. The minimum Gasteiger partial charge on any atom is -0.491 e. The van der Waals surface area contributed by atoms with Crippen molar-refractivity contribution >= 4 is 5.91 Å². The molecule has 4 heteroatoms. The summed E-state index contributed by atoms with van der Waals surface area (Å²) in [5.74, 6) is 1.12. The molecule has 1 unspecified atom stereocenters. The molecule has 1 amide bonds. The Balaban J connectivity index is 2.36. The first-order valence-electron chi connectivity index (χ1n) is 7.14. The van der Waals surface area contributed by atoms with Crippen molar-refractivity contribution < 1.29 is 9.53 Å². The molecule has 0 aliphatic rings. The van der Waals surface area contributed by atoms with E-state index in [0.717, 1.165) is 11.3 Å². The molecule has 0 heterocycles. The topological polar surface area (TPSA) is 64.3 Å². The number of aryl methyl sites for hydroxylation is 1. The van der Waals surface area contributed by atoms with Crippen molar-refractivity contribution in [2.45, 2.75) is 46.2 Å². The molecule has 1 aromatic carbocycles. The van der Waals surface area contributed by atoms with Crippen molar-refractivity contribution in [2.75, 3.05) is 6.61 Å². The van der Waals surface area contributed by atoms with Gasteiger partial charge in [-0.05, 0) is 43.9 Å². The lowest BCUT2D eigenvalue weighted by Gasteiger charge is -2.19. The molecular weight excluding hydrogens is 252 g/mol. The summed E-state index contributed by atoms with van der Waals surface area (Å²) in [6.07, 6.45) is 0.692. The van der Waals surface area contributed by atoms with Crippen LogP contribution in [0.15, 0.2) is 24.3 Å². The molecule has 1 aromatic rings. The second-order valence-corrected chi connectivity index (χ2v) is 5.77. The number of rotatable bonds is 7. The number of benzene rings is 1. The third kappa shape index (κ3) is 6.06. The van der Waals surface area contributed by atoms with Crippen molar-refractivity contribution in [1.82, 2.24) is 5.32 Å². The van der Waals surface area contributed by atoms with Crippen LogP contribution in [0.3, 0.4) is 0 Å². The Morgan fingerprint density at radius 2 is 2.05 bits per heavy atom. The fraction of sp³-hybridized carbons (Fsp3) is 0.562. The van der Waals surface area contributed by atoms with E-state index in [1.54, 1.807) is 0 Å². The van der Waals surface area contributed by atoms with Gasteiger partial charge in [0.05, 0.1) is 12.1 Å². The lowest BCUT2D eigenvalue weighted by Crippen LogP contribution is -2.46. The zero-order valence-electron chi connectivity index (χ0n) is 12.8. The van der Waals surface area contributed by atoms with Gasteiger partial charge in [-0.15, -0.1) is 0 Å². The lowest BCUT2D eigenvalue weighted by molar-refractivity contribution is -0.123. The van der Waals surface area contributed by atoms with Crippen molar-refractivity contribution in [1.29, 1.82) is 0 Å². The average molecular weight is 278 g/mol. The predicted molar refractivity (Wildman–Crippen MR) is 81.7 cm³/mol. The van der Waals surface area contributed by atoms with Crippen LogP contribution in [-0.2, 0) is 4.79 Å². The summed E-state index contributed by atoms with van der Waals surface area (Å²) < 4.78 is 5.65. The quantitative estimate of drug-likeness (QED) is 0.804. The molecule has 0 aliphatic heterocycles. The van der Waals surface area contributed by atoms with Gasteiger partial charge >= 0.3 is 0 Å². The zero-order chi connectivity index (χ0) is 15.1. The zero-order valence-corrected chi connectivity index (χ0v) is 12.8. The van der Waals surface area contributed by atoms with Gasteiger partial charge in [-0.1, -0.05) is 26.0 Å². The fourth-order valence-corrected chi connectivity index (χ4v) is 1.93. The Labute approximate surface area is 121 Å². The molecule has 0 bridgehead atoms. The number of hydrogen-bond donors (Lipinski definition) is 2. The van der Waals surface area contributed by atoms with Crippen LogP contribution in [0.1, 0.15) is 32.8 Å². The number of carbonyl (C=O) groups excluding carboxylic acids is 1. The molecule has 3 N–H and O–H groups in total. The number of nitrogens with two attached hydrogens (primary N) is 1. The summed E-state index contributed by atoms with van der Waals surface area (Å²) in [5.41, 5.74) is 6.99. The van der Waals surface area contributed by atoms with E-state index in [1.165, 1.54) is 0 Å². The summed E-state index contributed by atoms with van der Waals surface area (Å²) in [7, 11) is 0. The third-order valence-electron chi connectivity index (χ3n) is 2.94. The van der Waals surface area contributed by atoms with Gasteiger partial charge in [0, 0.05) is 0 Å². The van der Waals surface area contributed by atoms with Gasteiger partial charge in [-0.25, -0.2) is 0 Å². The molecule has 20 heavy (non-hydrogen) atoms. The largest absolute Gasteiger partial charge is 0.491 e. The van der Waals surface area contributed by atoms with E-state index >= 15 is 0 Å². The molecule has 0 saturated carbocycles. The van der Waals surface area contributed by atoms with Crippen LogP contribution in [0.2, 0.25) is 0 Å². The second-order valence-electron chi connectivity index (χ2n) is 5.77. The van der Waals surface area contributed by atoms with Crippen LogP contribution >= 0.6 is 0 Å². The highest BCUT2D eigenvalue weighted by molar-refractivity contribution is 5.81. The standard InChI is InChI=1S/C16H26N2O2/c1-11(2)8-15(17)16(19)18-13(4)10-20-14-7-5-6-12(3)9-14/h5-7,9,11,13,15H,8,10,17H2,1-4H3,(H,18,19)/t13?,15-/m0/s1. The normalized spacial score (nSPS) is 13.9. The summed E-state index contributed by atoms with van der Waals surface area (Å²) in [4.78, 5) is 11.9. The van der Waals surface area contributed by atoms with Crippen molar-refractivity contribution in [3.8, 4) is 5.75 Å². The number of hydrogen-bond acceptors (Lipinski definition) is 3. The highest BCUT2D eigenvalue weighted by Crippen LogP contribution is 2.12. The maximum atomic E-state index is 11.9. The number of amides is 1. The maximum Gasteiger partial charge on any atom is 0.237 e. The molecule has 0 spiro atoms. The van der Waals surface area contributed by atoms with E-state index in [1.807, 2.05) is 38.1 Å². The molecule has 4 nitrogen and oxygen atoms in total. The second kappa shape index (κ2) is 7.90. The van der Waals surface area contributed by atoms with Crippen LogP contribution in [-0.4, -0.2) is 24.6 Å². The molecule has 1 rings (SSSR count). The van der Waals surface area contributed by atoms with E-state index in [0.29, 0.717) is 18.9 Å². The molecule has 0 saturated heterocycles. The van der Waals surface area contributed by atoms with E-state index < -0.39 is 6.04 Å². The van der Waals surface area contributed by atoms with Gasteiger partial charge in [0.25, 0.3) is 0 Å². The van der Waals surface area contributed by atoms with Crippen LogP contribution in [0.4, 0.5) is 0 Å². The molecule has 0 aromatic heterocycles. The molecule has 0 radical (unpaired) electrons. The smallest absolute Gasteiger partial charge is 0.237 e. The Morgan fingerprint density at radius 1 is 1.35 bits per heavy atom. The number of ether oxygens (including phenoxy) is 1. The van der Waals surface area contributed by atoms with Gasteiger partial charge in [-0.2, -0.15) is 0 Å². The number of carbonyl (C=O) groups is 1. The van der Waals surface area contributed by atoms with Crippen molar-refractivity contribution in [3.63, 3.8) is 0 Å². The average Bonchev–Trinajstić information content (AvgIpc) is 2.35. The lowest BCUT2D eigenvalue weighted by atomic mass is 10.0. The summed E-state index contributed by atoms with van der Waals surface area (Å²) in [6.45, 7) is 8.47. The minimum absolute atomic E-state index is 0.0683. The Hall–Kier alpha value is -1.55. The monoisotopic (exact) mass is 278 g/mol. The molecular formula is C16H26N2O2. The first-order chi connectivity index (χ1) is 9.38. The van der Waals surface area contributed by atoms with E-state index in [2.05, 4.69) is 19.2 Å².